The number of methoxy groups -OCH3 is 1. The molecule has 2 aromatic carbocycles. The Kier molecular flexibility index (Phi) is 6.69. The van der Waals surface area contributed by atoms with Crippen LogP contribution in [0.4, 0.5) is 5.82 Å². The van der Waals surface area contributed by atoms with E-state index < -0.39 is 10.0 Å². The van der Waals surface area contributed by atoms with Gasteiger partial charge in [0.2, 0.25) is 10.0 Å². The van der Waals surface area contributed by atoms with Crippen molar-refractivity contribution in [1.82, 2.24) is 9.29 Å². The molecule has 158 valence electrons. The Morgan fingerprint density at radius 3 is 2.40 bits per heavy atom. The number of hydrogen-bond acceptors (Lipinski definition) is 6. The molecular formula is C22H26N4O3S. The van der Waals surface area contributed by atoms with Gasteiger partial charge in [0, 0.05) is 19.3 Å². The third-order valence-corrected chi connectivity index (χ3v) is 6.92. The van der Waals surface area contributed by atoms with Gasteiger partial charge in [-0.1, -0.05) is 32.0 Å². The van der Waals surface area contributed by atoms with Crippen molar-refractivity contribution in [2.24, 2.45) is 5.10 Å². The van der Waals surface area contributed by atoms with Crippen LogP contribution in [0.1, 0.15) is 26.3 Å². The second-order valence-corrected chi connectivity index (χ2v) is 8.64. The number of hydrogen-bond donors (Lipinski definition) is 1. The Balaban J connectivity index is 1.76. The normalized spacial score (nSPS) is 12.4. The largest absolute Gasteiger partial charge is 0.497 e. The lowest BCUT2D eigenvalue weighted by Crippen LogP contribution is -2.30. The van der Waals surface area contributed by atoms with E-state index >= 15 is 0 Å². The zero-order valence-corrected chi connectivity index (χ0v) is 18.4. The molecule has 0 aliphatic carbocycles. The lowest BCUT2D eigenvalue weighted by atomic mass is 10.0. The molecule has 0 saturated carbocycles. The molecular weight excluding hydrogens is 400 g/mol. The fourth-order valence-corrected chi connectivity index (χ4v) is 4.50. The van der Waals surface area contributed by atoms with E-state index in [2.05, 4.69) is 21.6 Å². The standard InChI is InChI=1S/C22H26N4O3S/c1-5-26(6-2)30(27,28)21-11-12-22(23-15-21)25-24-16(3)17-7-8-19-14-20(29-4)10-9-18(19)13-17/h7-15H,5-6H2,1-4H3,(H,23,25)/b24-16+. The average molecular weight is 427 g/mol. The van der Waals surface area contributed by atoms with Crippen LogP contribution < -0.4 is 10.2 Å². The highest BCUT2D eigenvalue weighted by Gasteiger charge is 2.21. The van der Waals surface area contributed by atoms with Gasteiger partial charge in [0.05, 0.1) is 12.8 Å². The summed E-state index contributed by atoms with van der Waals surface area (Å²) in [5, 5.41) is 6.56. The molecule has 1 aromatic heterocycles. The zero-order chi connectivity index (χ0) is 21.7. The lowest BCUT2D eigenvalue weighted by Gasteiger charge is -2.18. The minimum atomic E-state index is -3.52. The van der Waals surface area contributed by atoms with Crippen LogP contribution in [-0.2, 0) is 10.0 Å². The topological polar surface area (TPSA) is 83.9 Å². The highest BCUT2D eigenvalue weighted by Crippen LogP contribution is 2.22. The summed E-state index contributed by atoms with van der Waals surface area (Å²) in [4.78, 5) is 4.36. The van der Waals surface area contributed by atoms with Gasteiger partial charge in [0.15, 0.2) is 0 Å². The first-order valence-electron chi connectivity index (χ1n) is 9.73. The van der Waals surface area contributed by atoms with Gasteiger partial charge < -0.3 is 4.74 Å². The van der Waals surface area contributed by atoms with Crippen molar-refractivity contribution in [3.05, 3.63) is 60.3 Å². The number of nitrogens with one attached hydrogen (secondary N) is 1. The van der Waals surface area contributed by atoms with Crippen molar-refractivity contribution in [1.29, 1.82) is 0 Å². The van der Waals surface area contributed by atoms with Gasteiger partial charge in [-0.15, -0.1) is 0 Å². The van der Waals surface area contributed by atoms with Gasteiger partial charge in [-0.2, -0.15) is 9.41 Å². The predicted molar refractivity (Wildman–Crippen MR) is 121 cm³/mol. The molecule has 0 bridgehead atoms. The maximum Gasteiger partial charge on any atom is 0.244 e. The number of nitrogens with zero attached hydrogens (tertiary/aromatic N) is 3. The fourth-order valence-electron chi connectivity index (χ4n) is 3.09. The van der Waals surface area contributed by atoms with Crippen molar-refractivity contribution in [3.8, 4) is 5.75 Å². The summed E-state index contributed by atoms with van der Waals surface area (Å²) in [7, 11) is -1.87. The highest BCUT2D eigenvalue weighted by molar-refractivity contribution is 7.89. The number of fused-ring (bicyclic) bond motifs is 1. The smallest absolute Gasteiger partial charge is 0.244 e. The van der Waals surface area contributed by atoms with Crippen molar-refractivity contribution < 1.29 is 13.2 Å². The molecule has 3 rings (SSSR count). The number of anilines is 1. The molecule has 0 amide bonds. The number of pyridine rings is 1. The van der Waals surface area contributed by atoms with Crippen LogP contribution in [0.2, 0.25) is 0 Å². The van der Waals surface area contributed by atoms with Crippen LogP contribution in [-0.4, -0.2) is 43.6 Å². The van der Waals surface area contributed by atoms with Crippen molar-refractivity contribution in [2.75, 3.05) is 25.6 Å². The number of ether oxygens (including phenoxy) is 1. The summed E-state index contributed by atoms with van der Waals surface area (Å²) in [6, 6.07) is 15.2. The minimum absolute atomic E-state index is 0.169. The van der Waals surface area contributed by atoms with Gasteiger partial charge in [-0.3, -0.25) is 5.43 Å². The SMILES string of the molecule is CCN(CC)S(=O)(=O)c1ccc(N/N=C(\C)c2ccc3cc(OC)ccc3c2)nc1. The van der Waals surface area contributed by atoms with E-state index in [0.717, 1.165) is 27.8 Å². The lowest BCUT2D eigenvalue weighted by molar-refractivity contribution is 0.415. The third-order valence-electron chi connectivity index (χ3n) is 4.88. The number of sulfonamides is 1. The van der Waals surface area contributed by atoms with Crippen molar-refractivity contribution in [3.63, 3.8) is 0 Å². The first kappa shape index (κ1) is 21.7. The van der Waals surface area contributed by atoms with E-state index in [1.165, 1.54) is 16.6 Å². The average Bonchev–Trinajstić information content (AvgIpc) is 2.77. The summed E-state index contributed by atoms with van der Waals surface area (Å²) in [6.07, 6.45) is 1.35. The highest BCUT2D eigenvalue weighted by atomic mass is 32.2. The molecule has 0 saturated heterocycles. The predicted octanol–water partition coefficient (Wildman–Crippen LogP) is 4.11. The van der Waals surface area contributed by atoms with E-state index in [9.17, 15) is 8.42 Å². The Labute approximate surface area is 177 Å². The Morgan fingerprint density at radius 2 is 1.77 bits per heavy atom. The maximum atomic E-state index is 12.5. The van der Waals surface area contributed by atoms with Gasteiger partial charge in [-0.25, -0.2) is 13.4 Å². The molecule has 8 heteroatoms. The quantitative estimate of drug-likeness (QED) is 0.433. The molecule has 0 aliphatic heterocycles. The number of hydrazone groups is 1. The van der Waals surface area contributed by atoms with E-state index in [-0.39, 0.29) is 4.90 Å². The second-order valence-electron chi connectivity index (χ2n) is 6.71. The zero-order valence-electron chi connectivity index (χ0n) is 17.6. The molecule has 0 radical (unpaired) electrons. The monoisotopic (exact) mass is 426 g/mol. The van der Waals surface area contributed by atoms with E-state index in [0.29, 0.717) is 18.9 Å². The van der Waals surface area contributed by atoms with Crippen LogP contribution in [0, 0.1) is 0 Å². The Morgan fingerprint density at radius 1 is 1.07 bits per heavy atom. The van der Waals surface area contributed by atoms with Crippen LogP contribution in [0.5, 0.6) is 5.75 Å². The molecule has 7 nitrogen and oxygen atoms in total. The number of aromatic nitrogens is 1. The molecule has 0 atom stereocenters. The first-order valence-corrected chi connectivity index (χ1v) is 11.2. The summed E-state index contributed by atoms with van der Waals surface area (Å²) in [5.41, 5.74) is 4.65. The molecule has 0 spiro atoms. The van der Waals surface area contributed by atoms with Crippen molar-refractivity contribution in [2.45, 2.75) is 25.7 Å². The Bertz CT molecular complexity index is 1150. The minimum Gasteiger partial charge on any atom is -0.497 e. The molecule has 30 heavy (non-hydrogen) atoms. The number of benzene rings is 2. The molecule has 1 N–H and O–H groups in total. The van der Waals surface area contributed by atoms with Crippen LogP contribution >= 0.6 is 0 Å². The molecule has 3 aromatic rings. The van der Waals surface area contributed by atoms with E-state index in [1.54, 1.807) is 13.2 Å². The molecule has 1 heterocycles. The van der Waals surface area contributed by atoms with Gasteiger partial charge in [0.25, 0.3) is 0 Å². The summed E-state index contributed by atoms with van der Waals surface area (Å²) in [5.74, 6) is 1.29. The first-order chi connectivity index (χ1) is 14.4. The van der Waals surface area contributed by atoms with E-state index in [4.69, 9.17) is 4.74 Å². The third kappa shape index (κ3) is 4.60. The molecule has 0 aliphatic rings. The summed E-state index contributed by atoms with van der Waals surface area (Å²) in [6.45, 7) is 6.36. The van der Waals surface area contributed by atoms with Crippen LogP contribution in [0.15, 0.2) is 64.7 Å². The molecule has 0 unspecified atom stereocenters. The molecule has 0 fully saturated rings. The van der Waals surface area contributed by atoms with E-state index in [1.807, 2.05) is 51.1 Å². The van der Waals surface area contributed by atoms with Crippen LogP contribution in [0.25, 0.3) is 10.8 Å². The van der Waals surface area contributed by atoms with Gasteiger partial charge >= 0.3 is 0 Å². The summed E-state index contributed by atoms with van der Waals surface area (Å²) >= 11 is 0. The Hall–Kier alpha value is -2.97. The van der Waals surface area contributed by atoms with Crippen molar-refractivity contribution >= 4 is 32.3 Å². The fraction of sp³-hybridized carbons (Fsp3) is 0.273. The van der Waals surface area contributed by atoms with Crippen LogP contribution in [0.3, 0.4) is 0 Å². The summed E-state index contributed by atoms with van der Waals surface area (Å²) < 4.78 is 31.7. The van der Waals surface area contributed by atoms with Gasteiger partial charge in [-0.05, 0) is 53.6 Å². The maximum absolute atomic E-state index is 12.5. The number of rotatable bonds is 8. The second kappa shape index (κ2) is 9.23. The van der Waals surface area contributed by atoms with Gasteiger partial charge in [0.1, 0.15) is 16.5 Å².